The summed E-state index contributed by atoms with van der Waals surface area (Å²) >= 11 is 0. The van der Waals surface area contributed by atoms with Crippen molar-refractivity contribution in [3.63, 3.8) is 0 Å². The summed E-state index contributed by atoms with van der Waals surface area (Å²) in [5.41, 5.74) is 0.704. The second-order valence-electron chi connectivity index (χ2n) is 7.52. The molecule has 2 aromatic carbocycles. The number of rotatable bonds is 7. The largest absolute Gasteiger partial charge is 0.356 e. The fourth-order valence-corrected chi connectivity index (χ4v) is 4.52. The van der Waals surface area contributed by atoms with Gasteiger partial charge in [-0.05, 0) is 67.8 Å². The first-order valence-corrected chi connectivity index (χ1v) is 11.7. The van der Waals surface area contributed by atoms with Gasteiger partial charge in [-0.15, -0.1) is 0 Å². The summed E-state index contributed by atoms with van der Waals surface area (Å²) in [5.74, 6) is -0.957. The summed E-state index contributed by atoms with van der Waals surface area (Å²) in [4.78, 5) is 26.7. The minimum atomic E-state index is -3.86. The SMILES string of the molecule is CCCNC(=O)C1CCCN(C(=O)c2ccc(NS(=O)(=O)c3ccc(F)cc3)cc2)C1. The van der Waals surface area contributed by atoms with Crippen molar-refractivity contribution in [2.24, 2.45) is 5.92 Å². The minimum Gasteiger partial charge on any atom is -0.356 e. The molecule has 1 atom stereocenters. The highest BCUT2D eigenvalue weighted by Gasteiger charge is 2.28. The molecule has 1 aliphatic rings. The van der Waals surface area contributed by atoms with Crippen LogP contribution >= 0.6 is 0 Å². The second kappa shape index (κ2) is 9.91. The monoisotopic (exact) mass is 447 g/mol. The van der Waals surface area contributed by atoms with Gasteiger partial charge in [0.25, 0.3) is 15.9 Å². The third-order valence-electron chi connectivity index (χ3n) is 5.14. The van der Waals surface area contributed by atoms with E-state index in [9.17, 15) is 22.4 Å². The van der Waals surface area contributed by atoms with Crippen LogP contribution in [0.3, 0.4) is 0 Å². The first-order chi connectivity index (χ1) is 14.8. The van der Waals surface area contributed by atoms with Crippen molar-refractivity contribution in [3.05, 3.63) is 59.9 Å². The Morgan fingerprint density at radius 1 is 1.10 bits per heavy atom. The third-order valence-corrected chi connectivity index (χ3v) is 6.53. The van der Waals surface area contributed by atoms with Crippen LogP contribution in [0.5, 0.6) is 0 Å². The van der Waals surface area contributed by atoms with E-state index in [1.165, 1.54) is 24.3 Å². The fourth-order valence-electron chi connectivity index (χ4n) is 3.46. The average Bonchev–Trinajstić information content (AvgIpc) is 2.77. The molecule has 0 aromatic heterocycles. The van der Waals surface area contributed by atoms with Crippen molar-refractivity contribution in [2.75, 3.05) is 24.4 Å². The topological polar surface area (TPSA) is 95.6 Å². The first-order valence-electron chi connectivity index (χ1n) is 10.3. The number of sulfonamides is 1. The van der Waals surface area contributed by atoms with E-state index in [0.29, 0.717) is 25.2 Å². The zero-order chi connectivity index (χ0) is 22.4. The second-order valence-corrected chi connectivity index (χ2v) is 9.20. The van der Waals surface area contributed by atoms with E-state index in [2.05, 4.69) is 10.0 Å². The maximum atomic E-state index is 13.0. The lowest BCUT2D eigenvalue weighted by Crippen LogP contribution is -2.45. The average molecular weight is 448 g/mol. The van der Waals surface area contributed by atoms with Gasteiger partial charge in [-0.1, -0.05) is 6.92 Å². The van der Waals surface area contributed by atoms with Crippen molar-refractivity contribution < 1.29 is 22.4 Å². The number of hydrogen-bond donors (Lipinski definition) is 2. The molecule has 0 aliphatic carbocycles. The lowest BCUT2D eigenvalue weighted by Gasteiger charge is -2.32. The van der Waals surface area contributed by atoms with E-state index in [1.54, 1.807) is 17.0 Å². The molecule has 0 radical (unpaired) electrons. The molecule has 0 bridgehead atoms. The molecule has 1 unspecified atom stereocenters. The Morgan fingerprint density at radius 3 is 2.42 bits per heavy atom. The molecule has 0 saturated carbocycles. The summed E-state index contributed by atoms with van der Waals surface area (Å²) in [6.45, 7) is 3.56. The predicted molar refractivity (Wildman–Crippen MR) is 116 cm³/mol. The van der Waals surface area contributed by atoms with Gasteiger partial charge in [0.15, 0.2) is 0 Å². The zero-order valence-electron chi connectivity index (χ0n) is 17.3. The van der Waals surface area contributed by atoms with Gasteiger partial charge >= 0.3 is 0 Å². The summed E-state index contributed by atoms with van der Waals surface area (Å²) in [5, 5.41) is 2.88. The molecule has 3 rings (SSSR count). The molecule has 1 fully saturated rings. The van der Waals surface area contributed by atoms with Gasteiger partial charge < -0.3 is 10.2 Å². The van der Waals surface area contributed by atoms with Crippen molar-refractivity contribution in [1.82, 2.24) is 10.2 Å². The molecule has 7 nitrogen and oxygen atoms in total. The van der Waals surface area contributed by atoms with Gasteiger partial charge in [0.05, 0.1) is 10.8 Å². The Bertz CT molecular complexity index is 1020. The number of carbonyl (C=O) groups is 2. The van der Waals surface area contributed by atoms with E-state index < -0.39 is 15.8 Å². The predicted octanol–water partition coefficient (Wildman–Crippen LogP) is 3.00. The maximum Gasteiger partial charge on any atom is 0.261 e. The maximum absolute atomic E-state index is 13.0. The number of carbonyl (C=O) groups excluding carboxylic acids is 2. The number of anilines is 1. The van der Waals surface area contributed by atoms with E-state index >= 15 is 0 Å². The molecule has 2 N–H and O–H groups in total. The number of nitrogens with one attached hydrogen (secondary N) is 2. The van der Waals surface area contributed by atoms with Crippen LogP contribution in [0.2, 0.25) is 0 Å². The fraction of sp³-hybridized carbons (Fsp3) is 0.364. The van der Waals surface area contributed by atoms with Crippen molar-refractivity contribution in [1.29, 1.82) is 0 Å². The van der Waals surface area contributed by atoms with E-state index in [-0.39, 0.29) is 28.3 Å². The number of amides is 2. The smallest absolute Gasteiger partial charge is 0.261 e. The first kappa shape index (κ1) is 22.7. The number of piperidine rings is 1. The van der Waals surface area contributed by atoms with Crippen molar-refractivity contribution >= 4 is 27.5 Å². The lowest BCUT2D eigenvalue weighted by atomic mass is 9.96. The minimum absolute atomic E-state index is 0.0232. The molecular weight excluding hydrogens is 421 g/mol. The van der Waals surface area contributed by atoms with Gasteiger partial charge in [-0.25, -0.2) is 12.8 Å². The number of halogens is 1. The summed E-state index contributed by atoms with van der Waals surface area (Å²) in [6, 6.07) is 10.6. The molecular formula is C22H26FN3O4S. The van der Waals surface area contributed by atoms with E-state index in [4.69, 9.17) is 0 Å². The molecule has 31 heavy (non-hydrogen) atoms. The van der Waals surface area contributed by atoms with Gasteiger partial charge in [-0.2, -0.15) is 0 Å². The number of hydrogen-bond acceptors (Lipinski definition) is 4. The highest BCUT2D eigenvalue weighted by molar-refractivity contribution is 7.92. The number of likely N-dealkylation sites (tertiary alicyclic amines) is 1. The van der Waals surface area contributed by atoms with Crippen molar-refractivity contribution in [3.8, 4) is 0 Å². The third kappa shape index (κ3) is 5.81. The van der Waals surface area contributed by atoms with Gasteiger partial charge in [0.2, 0.25) is 5.91 Å². The van der Waals surface area contributed by atoms with E-state index in [1.807, 2.05) is 6.92 Å². The summed E-state index contributed by atoms with van der Waals surface area (Å²) in [6.07, 6.45) is 2.37. The van der Waals surface area contributed by atoms with Crippen LogP contribution in [0.1, 0.15) is 36.5 Å². The van der Waals surface area contributed by atoms with Gasteiger partial charge in [-0.3, -0.25) is 14.3 Å². The number of benzene rings is 2. The van der Waals surface area contributed by atoms with Gasteiger partial charge in [0, 0.05) is 30.9 Å². The van der Waals surface area contributed by atoms with Crippen LogP contribution in [0.4, 0.5) is 10.1 Å². The van der Waals surface area contributed by atoms with Gasteiger partial charge in [0.1, 0.15) is 5.82 Å². The Hall–Kier alpha value is -2.94. The lowest BCUT2D eigenvalue weighted by molar-refractivity contribution is -0.126. The van der Waals surface area contributed by atoms with Crippen LogP contribution in [-0.2, 0) is 14.8 Å². The Balaban J connectivity index is 1.64. The molecule has 0 spiro atoms. The van der Waals surface area contributed by atoms with Crippen LogP contribution in [-0.4, -0.2) is 44.8 Å². The number of nitrogens with zero attached hydrogens (tertiary/aromatic N) is 1. The molecule has 1 aliphatic heterocycles. The van der Waals surface area contributed by atoms with Crippen LogP contribution in [0.15, 0.2) is 53.4 Å². The summed E-state index contributed by atoms with van der Waals surface area (Å²) in [7, 11) is -3.86. The quantitative estimate of drug-likeness (QED) is 0.682. The van der Waals surface area contributed by atoms with Crippen LogP contribution in [0.25, 0.3) is 0 Å². The standard InChI is InChI=1S/C22H26FN3O4S/c1-2-13-24-21(27)17-4-3-14-26(15-17)22(28)16-5-9-19(10-6-16)25-31(29,30)20-11-7-18(23)8-12-20/h5-12,17,25H,2-4,13-15H2,1H3,(H,24,27). The Labute approximate surface area is 181 Å². The molecule has 1 heterocycles. The molecule has 166 valence electrons. The molecule has 1 saturated heterocycles. The van der Waals surface area contributed by atoms with Crippen molar-refractivity contribution in [2.45, 2.75) is 31.1 Å². The Kier molecular flexibility index (Phi) is 7.27. The normalized spacial score (nSPS) is 16.6. The molecule has 9 heteroatoms. The molecule has 2 amide bonds. The molecule has 2 aromatic rings. The summed E-state index contributed by atoms with van der Waals surface area (Å²) < 4.78 is 40.3. The van der Waals surface area contributed by atoms with E-state index in [0.717, 1.165) is 31.4 Å². The zero-order valence-corrected chi connectivity index (χ0v) is 18.1. The highest BCUT2D eigenvalue weighted by atomic mass is 32.2. The van der Waals surface area contributed by atoms with Crippen LogP contribution in [0, 0.1) is 11.7 Å². The Morgan fingerprint density at radius 2 is 1.77 bits per heavy atom. The van der Waals surface area contributed by atoms with Crippen LogP contribution < -0.4 is 10.0 Å². The highest BCUT2D eigenvalue weighted by Crippen LogP contribution is 2.21.